The molecule has 6 nitrogen and oxygen atoms in total. The van der Waals surface area contributed by atoms with Gasteiger partial charge in [0, 0.05) is 5.69 Å². The Balaban J connectivity index is 0.00000147. The molecule has 0 radical (unpaired) electrons. The van der Waals surface area contributed by atoms with Crippen LogP contribution in [0.5, 0.6) is 0 Å². The second-order valence-corrected chi connectivity index (χ2v) is 5.12. The summed E-state index contributed by atoms with van der Waals surface area (Å²) < 4.78 is 5.32. The van der Waals surface area contributed by atoms with Crippen molar-refractivity contribution in [2.45, 2.75) is 45.1 Å². The van der Waals surface area contributed by atoms with E-state index in [0.717, 1.165) is 30.2 Å². The molecule has 1 fully saturated rings. The molecule has 2 aromatic rings. The standard InChI is InChI=1S/C13H19N5O.ClH/c1-9-7-10(17-16-9)8-12-15-13(18-19-12)11-5-3-2-4-6-14-11;/h7,11,14H,2-6,8H2,1H3,(H,16,17);1H. The lowest BCUT2D eigenvalue weighted by atomic mass is 10.1. The van der Waals surface area contributed by atoms with Crippen molar-refractivity contribution < 1.29 is 4.52 Å². The number of hydrogen-bond acceptors (Lipinski definition) is 5. The van der Waals surface area contributed by atoms with Crippen LogP contribution in [0.2, 0.25) is 0 Å². The monoisotopic (exact) mass is 297 g/mol. The summed E-state index contributed by atoms with van der Waals surface area (Å²) in [4.78, 5) is 4.49. The Hall–Kier alpha value is -1.40. The largest absolute Gasteiger partial charge is 0.339 e. The molecule has 1 saturated heterocycles. The van der Waals surface area contributed by atoms with Gasteiger partial charge in [-0.15, -0.1) is 12.4 Å². The molecule has 20 heavy (non-hydrogen) atoms. The van der Waals surface area contributed by atoms with Gasteiger partial charge < -0.3 is 9.84 Å². The summed E-state index contributed by atoms with van der Waals surface area (Å²) in [5.41, 5.74) is 1.97. The van der Waals surface area contributed by atoms with E-state index < -0.39 is 0 Å². The van der Waals surface area contributed by atoms with Crippen molar-refractivity contribution in [3.63, 3.8) is 0 Å². The van der Waals surface area contributed by atoms with Gasteiger partial charge >= 0.3 is 0 Å². The van der Waals surface area contributed by atoms with E-state index in [-0.39, 0.29) is 18.4 Å². The maximum Gasteiger partial charge on any atom is 0.232 e. The van der Waals surface area contributed by atoms with Gasteiger partial charge in [0.15, 0.2) is 5.82 Å². The first-order valence-electron chi connectivity index (χ1n) is 6.88. The van der Waals surface area contributed by atoms with Gasteiger partial charge in [-0.25, -0.2) is 0 Å². The lowest BCUT2D eigenvalue weighted by Gasteiger charge is -2.09. The van der Waals surface area contributed by atoms with Gasteiger partial charge in [0.25, 0.3) is 0 Å². The fourth-order valence-electron chi connectivity index (χ4n) is 2.45. The number of aromatic nitrogens is 4. The fraction of sp³-hybridized carbons (Fsp3) is 0.615. The van der Waals surface area contributed by atoms with Crippen LogP contribution in [0.15, 0.2) is 10.6 Å². The Kier molecular flexibility index (Phi) is 5.14. The molecule has 0 amide bonds. The van der Waals surface area contributed by atoms with Crippen LogP contribution in [0.25, 0.3) is 0 Å². The van der Waals surface area contributed by atoms with E-state index in [9.17, 15) is 0 Å². The predicted octanol–water partition coefficient (Wildman–Crippen LogP) is 2.32. The molecule has 1 aliphatic rings. The Labute approximate surface area is 124 Å². The van der Waals surface area contributed by atoms with E-state index in [1.807, 2.05) is 13.0 Å². The van der Waals surface area contributed by atoms with Crippen molar-refractivity contribution in [1.82, 2.24) is 25.7 Å². The van der Waals surface area contributed by atoms with Crippen LogP contribution in [0.1, 0.15) is 54.8 Å². The number of H-pyrrole nitrogens is 1. The SMILES string of the molecule is Cc1cc(Cc2nc(C3CCCCCN3)no2)n[nH]1.Cl. The summed E-state index contributed by atoms with van der Waals surface area (Å²) in [5, 5.41) is 14.7. The van der Waals surface area contributed by atoms with Crippen LogP contribution < -0.4 is 5.32 Å². The molecule has 0 aliphatic carbocycles. The zero-order valence-corrected chi connectivity index (χ0v) is 12.4. The van der Waals surface area contributed by atoms with Crippen molar-refractivity contribution in [2.24, 2.45) is 0 Å². The average Bonchev–Trinajstić information content (AvgIpc) is 2.92. The molecule has 110 valence electrons. The smallest absolute Gasteiger partial charge is 0.232 e. The third-order valence-electron chi connectivity index (χ3n) is 3.45. The van der Waals surface area contributed by atoms with Crippen LogP contribution in [0, 0.1) is 6.92 Å². The van der Waals surface area contributed by atoms with Gasteiger partial charge in [0.1, 0.15) is 0 Å². The number of rotatable bonds is 3. The minimum absolute atomic E-state index is 0. The average molecular weight is 298 g/mol. The summed E-state index contributed by atoms with van der Waals surface area (Å²) in [6, 6.07) is 2.23. The van der Waals surface area contributed by atoms with Gasteiger partial charge in [-0.05, 0) is 32.4 Å². The lowest BCUT2D eigenvalue weighted by Crippen LogP contribution is -2.21. The van der Waals surface area contributed by atoms with Crippen LogP contribution in [-0.4, -0.2) is 26.9 Å². The highest BCUT2D eigenvalue weighted by Gasteiger charge is 2.19. The number of hydrogen-bond donors (Lipinski definition) is 2. The third kappa shape index (κ3) is 3.58. The molecule has 3 rings (SSSR count). The molecule has 0 spiro atoms. The van der Waals surface area contributed by atoms with Crippen molar-refractivity contribution in [3.8, 4) is 0 Å². The molecule has 0 bridgehead atoms. The molecule has 0 aromatic carbocycles. The summed E-state index contributed by atoms with van der Waals surface area (Å²) in [5.74, 6) is 1.41. The zero-order valence-electron chi connectivity index (χ0n) is 11.6. The van der Waals surface area contributed by atoms with E-state index >= 15 is 0 Å². The summed E-state index contributed by atoms with van der Waals surface area (Å²) in [6.45, 7) is 3.01. The molecular formula is C13H20ClN5O. The van der Waals surface area contributed by atoms with Gasteiger partial charge in [-0.2, -0.15) is 10.1 Å². The first kappa shape index (κ1) is 15.0. The second-order valence-electron chi connectivity index (χ2n) is 5.12. The highest BCUT2D eigenvalue weighted by molar-refractivity contribution is 5.85. The van der Waals surface area contributed by atoms with E-state index in [4.69, 9.17) is 4.52 Å². The van der Waals surface area contributed by atoms with Crippen molar-refractivity contribution in [1.29, 1.82) is 0 Å². The van der Waals surface area contributed by atoms with Gasteiger partial charge in [-0.1, -0.05) is 18.0 Å². The van der Waals surface area contributed by atoms with E-state index in [1.165, 1.54) is 19.3 Å². The van der Waals surface area contributed by atoms with Crippen LogP contribution in [0.4, 0.5) is 0 Å². The first-order chi connectivity index (χ1) is 9.31. The van der Waals surface area contributed by atoms with Crippen LogP contribution in [-0.2, 0) is 6.42 Å². The number of nitrogens with one attached hydrogen (secondary N) is 2. The Morgan fingerprint density at radius 2 is 2.25 bits per heavy atom. The number of nitrogens with zero attached hydrogens (tertiary/aromatic N) is 3. The Morgan fingerprint density at radius 1 is 1.35 bits per heavy atom. The number of aromatic amines is 1. The topological polar surface area (TPSA) is 79.6 Å². The molecule has 0 saturated carbocycles. The Morgan fingerprint density at radius 3 is 3.05 bits per heavy atom. The normalized spacial score (nSPS) is 19.4. The van der Waals surface area contributed by atoms with E-state index in [2.05, 4.69) is 25.7 Å². The molecule has 1 atom stereocenters. The molecule has 1 unspecified atom stereocenters. The summed E-state index contributed by atoms with van der Waals surface area (Å²) in [7, 11) is 0. The molecule has 2 aromatic heterocycles. The minimum Gasteiger partial charge on any atom is -0.339 e. The van der Waals surface area contributed by atoms with Crippen molar-refractivity contribution in [3.05, 3.63) is 29.2 Å². The maximum atomic E-state index is 5.32. The molecule has 2 N–H and O–H groups in total. The minimum atomic E-state index is 0. The highest BCUT2D eigenvalue weighted by Crippen LogP contribution is 2.20. The number of halogens is 1. The van der Waals surface area contributed by atoms with Gasteiger partial charge in [0.2, 0.25) is 5.89 Å². The Bertz CT molecular complexity index is 530. The predicted molar refractivity (Wildman–Crippen MR) is 76.9 cm³/mol. The lowest BCUT2D eigenvalue weighted by molar-refractivity contribution is 0.368. The third-order valence-corrected chi connectivity index (χ3v) is 3.45. The first-order valence-corrected chi connectivity index (χ1v) is 6.88. The summed E-state index contributed by atoms with van der Waals surface area (Å²) >= 11 is 0. The van der Waals surface area contributed by atoms with Crippen LogP contribution in [0.3, 0.4) is 0 Å². The molecule has 3 heterocycles. The fourth-order valence-corrected chi connectivity index (χ4v) is 2.45. The van der Waals surface area contributed by atoms with Crippen molar-refractivity contribution in [2.75, 3.05) is 6.54 Å². The molecule has 1 aliphatic heterocycles. The molecule has 7 heteroatoms. The quantitative estimate of drug-likeness (QED) is 0.909. The van der Waals surface area contributed by atoms with Crippen molar-refractivity contribution >= 4 is 12.4 Å². The molecular weight excluding hydrogens is 278 g/mol. The summed E-state index contributed by atoms with van der Waals surface area (Å²) in [6.07, 6.45) is 5.40. The van der Waals surface area contributed by atoms with Gasteiger partial charge in [0.05, 0.1) is 18.2 Å². The van der Waals surface area contributed by atoms with E-state index in [0.29, 0.717) is 12.3 Å². The van der Waals surface area contributed by atoms with Gasteiger partial charge in [-0.3, -0.25) is 5.10 Å². The number of aryl methyl sites for hydroxylation is 1. The zero-order chi connectivity index (χ0) is 13.1. The maximum absolute atomic E-state index is 5.32. The van der Waals surface area contributed by atoms with Crippen LogP contribution >= 0.6 is 12.4 Å². The second kappa shape index (κ2) is 6.85. The highest BCUT2D eigenvalue weighted by atomic mass is 35.5. The van der Waals surface area contributed by atoms with E-state index in [1.54, 1.807) is 0 Å².